The molecule has 8 rings (SSSR count). The van der Waals surface area contributed by atoms with Crippen molar-refractivity contribution in [3.8, 4) is 22.6 Å². The Kier molecular flexibility index (Phi) is 10.3. The van der Waals surface area contributed by atoms with E-state index in [9.17, 15) is 14.4 Å². The van der Waals surface area contributed by atoms with E-state index < -0.39 is 5.97 Å². The Morgan fingerprint density at radius 3 is 2.22 bits per heavy atom. The molecule has 55 heavy (non-hydrogen) atoms. The maximum absolute atomic E-state index is 13.1. The zero-order valence-electron chi connectivity index (χ0n) is 32.5. The highest BCUT2D eigenvalue weighted by Gasteiger charge is 2.45. The summed E-state index contributed by atoms with van der Waals surface area (Å²) in [5, 5.41) is 1.48. The zero-order chi connectivity index (χ0) is 38.3. The van der Waals surface area contributed by atoms with Gasteiger partial charge in [-0.1, -0.05) is 0 Å². The van der Waals surface area contributed by atoms with Gasteiger partial charge in [0, 0.05) is 86.3 Å². The SMILES string of the molecule is COC(=O)c1cc(N2CC3(CCN(CC4CCN(Cc5c(OC)cc(-c6cn(C)c(=O)c7cnc(N8CCC8)cc67)cc5OC)CC4)CC3)C2)ccc1C=O. The largest absolute Gasteiger partial charge is 0.496 e. The average molecular weight is 749 g/mol. The molecule has 0 unspecified atom stereocenters. The number of aldehydes is 1. The fraction of sp³-hybridized carbons (Fsp3) is 0.488. The normalized spacial score (nSPS) is 18.9. The fourth-order valence-electron chi connectivity index (χ4n) is 9.11. The Labute approximate surface area is 322 Å². The number of carbonyl (C=O) groups is 2. The van der Waals surface area contributed by atoms with E-state index in [0.717, 1.165) is 130 Å². The summed E-state index contributed by atoms with van der Waals surface area (Å²) in [5.41, 5.74) is 4.85. The standard InChI is InChI=1S/C43H52N6O6/c1-45-24-36(34-21-40(48-12-5-13-48)44-22-35(34)41(45)51)31-18-38(53-2)37(39(19-31)54-3)25-46-14-8-29(9-15-46)23-47-16-10-43(11-17-47)27-49(28-43)32-7-6-30(26-50)33(20-32)42(52)55-4/h6-7,18-22,24,26,29H,5,8-17,23,25,27-28H2,1-4H3. The van der Waals surface area contributed by atoms with Crippen molar-refractivity contribution in [2.75, 3.05) is 90.0 Å². The van der Waals surface area contributed by atoms with Gasteiger partial charge in [0.05, 0.1) is 37.8 Å². The maximum Gasteiger partial charge on any atom is 0.338 e. The van der Waals surface area contributed by atoms with E-state index in [1.54, 1.807) is 44.2 Å². The fourth-order valence-corrected chi connectivity index (χ4v) is 9.11. The number of benzene rings is 2. The van der Waals surface area contributed by atoms with Crippen molar-refractivity contribution < 1.29 is 23.8 Å². The zero-order valence-corrected chi connectivity index (χ0v) is 32.5. The van der Waals surface area contributed by atoms with Crippen molar-refractivity contribution in [2.45, 2.75) is 38.6 Å². The van der Waals surface area contributed by atoms with Crippen molar-refractivity contribution in [3.63, 3.8) is 0 Å². The van der Waals surface area contributed by atoms with Gasteiger partial charge in [0.1, 0.15) is 17.3 Å². The number of rotatable bonds is 11. The number of fused-ring (bicyclic) bond motifs is 1. The lowest BCUT2D eigenvalue weighted by molar-refractivity contribution is 0.0565. The van der Waals surface area contributed by atoms with E-state index in [-0.39, 0.29) is 5.56 Å². The monoisotopic (exact) mass is 748 g/mol. The van der Waals surface area contributed by atoms with Crippen molar-refractivity contribution in [1.82, 2.24) is 19.4 Å². The summed E-state index contributed by atoms with van der Waals surface area (Å²) in [6.07, 6.45) is 10.2. The van der Waals surface area contributed by atoms with Gasteiger partial charge >= 0.3 is 5.97 Å². The Bertz CT molecular complexity index is 2110. The summed E-state index contributed by atoms with van der Waals surface area (Å²) in [6.45, 7) is 10.1. The van der Waals surface area contributed by atoms with Crippen LogP contribution < -0.4 is 24.8 Å². The molecule has 290 valence electrons. The van der Waals surface area contributed by atoms with E-state index in [2.05, 4.69) is 36.7 Å². The van der Waals surface area contributed by atoms with Crippen molar-refractivity contribution in [2.24, 2.45) is 18.4 Å². The van der Waals surface area contributed by atoms with Crippen LogP contribution in [0, 0.1) is 11.3 Å². The molecule has 0 aliphatic carbocycles. The van der Waals surface area contributed by atoms with Gasteiger partial charge in [0.2, 0.25) is 0 Å². The second kappa shape index (κ2) is 15.3. The summed E-state index contributed by atoms with van der Waals surface area (Å²) in [5.74, 6) is 2.67. The number of hydrogen-bond donors (Lipinski definition) is 0. The number of pyridine rings is 2. The van der Waals surface area contributed by atoms with E-state index in [4.69, 9.17) is 14.2 Å². The molecule has 2 aromatic carbocycles. The summed E-state index contributed by atoms with van der Waals surface area (Å²) >= 11 is 0. The van der Waals surface area contributed by atoms with Crippen LogP contribution in [-0.2, 0) is 18.3 Å². The van der Waals surface area contributed by atoms with Crippen molar-refractivity contribution in [3.05, 3.63) is 75.8 Å². The number of hydrogen-bond acceptors (Lipinski definition) is 11. The number of ether oxygens (including phenoxy) is 3. The van der Waals surface area contributed by atoms with Gasteiger partial charge in [-0.25, -0.2) is 9.78 Å². The number of likely N-dealkylation sites (tertiary alicyclic amines) is 2. The van der Waals surface area contributed by atoms with Gasteiger partial charge in [-0.15, -0.1) is 0 Å². The van der Waals surface area contributed by atoms with Gasteiger partial charge in [0.15, 0.2) is 6.29 Å². The molecule has 0 saturated carbocycles. The van der Waals surface area contributed by atoms with Crippen LogP contribution in [0.25, 0.3) is 21.9 Å². The quantitative estimate of drug-likeness (QED) is 0.148. The van der Waals surface area contributed by atoms with E-state index in [1.165, 1.54) is 20.0 Å². The van der Waals surface area contributed by atoms with Crippen molar-refractivity contribution in [1.29, 1.82) is 0 Å². The van der Waals surface area contributed by atoms with Crippen molar-refractivity contribution >= 4 is 34.5 Å². The molecule has 1 spiro atoms. The first kappa shape index (κ1) is 37.0. The second-order valence-electron chi connectivity index (χ2n) is 16.0. The van der Waals surface area contributed by atoms with Gasteiger partial charge in [-0.05, 0) is 106 Å². The third kappa shape index (κ3) is 7.17. The predicted molar refractivity (Wildman–Crippen MR) is 214 cm³/mol. The lowest BCUT2D eigenvalue weighted by Crippen LogP contribution is -2.60. The highest BCUT2D eigenvalue weighted by Crippen LogP contribution is 2.44. The van der Waals surface area contributed by atoms with Crippen LogP contribution in [-0.4, -0.2) is 112 Å². The minimum atomic E-state index is -0.478. The van der Waals surface area contributed by atoms with Gasteiger partial charge in [-0.3, -0.25) is 14.5 Å². The number of carbonyl (C=O) groups excluding carboxylic acids is 2. The molecule has 0 amide bonds. The topological polar surface area (TPSA) is 110 Å². The van der Waals surface area contributed by atoms with Crippen LogP contribution in [0.1, 0.15) is 58.4 Å². The minimum Gasteiger partial charge on any atom is -0.496 e. The molecule has 12 nitrogen and oxygen atoms in total. The number of anilines is 2. The van der Waals surface area contributed by atoms with E-state index >= 15 is 0 Å². The first-order valence-electron chi connectivity index (χ1n) is 19.6. The molecule has 12 heteroatoms. The third-order valence-electron chi connectivity index (χ3n) is 12.7. The van der Waals surface area contributed by atoms with E-state index in [1.807, 2.05) is 18.3 Å². The summed E-state index contributed by atoms with van der Waals surface area (Å²) in [6, 6.07) is 11.7. The number of methoxy groups -OCH3 is 3. The first-order valence-corrected chi connectivity index (χ1v) is 19.6. The van der Waals surface area contributed by atoms with Crippen LogP contribution in [0.15, 0.2) is 53.6 Å². The Balaban J connectivity index is 0.875. The molecular weight excluding hydrogens is 697 g/mol. The third-order valence-corrected chi connectivity index (χ3v) is 12.7. The highest BCUT2D eigenvalue weighted by molar-refractivity contribution is 5.99. The summed E-state index contributed by atoms with van der Waals surface area (Å²) < 4.78 is 18.6. The van der Waals surface area contributed by atoms with Gasteiger partial charge in [0.25, 0.3) is 5.56 Å². The minimum absolute atomic E-state index is 0.0626. The average Bonchev–Trinajstić information content (AvgIpc) is 3.18. The first-order chi connectivity index (χ1) is 26.7. The molecule has 4 fully saturated rings. The molecule has 6 heterocycles. The van der Waals surface area contributed by atoms with Crippen LogP contribution in [0.3, 0.4) is 0 Å². The molecule has 0 bridgehead atoms. The molecule has 4 saturated heterocycles. The lowest BCUT2D eigenvalue weighted by atomic mass is 9.71. The number of aryl methyl sites for hydroxylation is 1. The molecule has 4 aliphatic heterocycles. The molecule has 2 aromatic heterocycles. The molecule has 0 atom stereocenters. The molecule has 0 radical (unpaired) electrons. The smallest absolute Gasteiger partial charge is 0.338 e. The molecule has 4 aliphatic rings. The Morgan fingerprint density at radius 1 is 0.891 bits per heavy atom. The molecule has 4 aromatic rings. The maximum atomic E-state index is 13.1. The Hall–Kier alpha value is -4.94. The van der Waals surface area contributed by atoms with E-state index in [0.29, 0.717) is 34.1 Å². The van der Waals surface area contributed by atoms with Crippen LogP contribution >= 0.6 is 0 Å². The van der Waals surface area contributed by atoms with Gasteiger partial charge in [-0.2, -0.15) is 0 Å². The Morgan fingerprint density at radius 2 is 1.60 bits per heavy atom. The van der Waals surface area contributed by atoms with Crippen LogP contribution in [0.5, 0.6) is 11.5 Å². The lowest BCUT2D eigenvalue weighted by Gasteiger charge is -2.55. The predicted octanol–water partition coefficient (Wildman–Crippen LogP) is 5.24. The number of esters is 1. The number of nitrogens with zero attached hydrogens (tertiary/aromatic N) is 6. The second-order valence-corrected chi connectivity index (χ2v) is 16.0. The molecular formula is C43H52N6O6. The summed E-state index contributed by atoms with van der Waals surface area (Å²) in [7, 11) is 6.57. The summed E-state index contributed by atoms with van der Waals surface area (Å²) in [4.78, 5) is 51.1. The molecule has 0 N–H and O–H groups in total. The highest BCUT2D eigenvalue weighted by atomic mass is 16.5. The van der Waals surface area contributed by atoms with Crippen LogP contribution in [0.4, 0.5) is 11.5 Å². The number of aromatic nitrogens is 2. The van der Waals surface area contributed by atoms with Gasteiger partial charge < -0.3 is 33.5 Å². The number of piperidine rings is 2. The van der Waals surface area contributed by atoms with Crippen LogP contribution in [0.2, 0.25) is 0 Å².